The van der Waals surface area contributed by atoms with Gasteiger partial charge in [0.15, 0.2) is 0 Å². The lowest BCUT2D eigenvalue weighted by atomic mass is 10.1. The molecule has 0 aromatic heterocycles. The zero-order valence-electron chi connectivity index (χ0n) is 11.5. The molecule has 0 heterocycles. The van der Waals surface area contributed by atoms with E-state index in [1.54, 1.807) is 19.9 Å². The summed E-state index contributed by atoms with van der Waals surface area (Å²) in [6.07, 6.45) is 7.83. The highest BCUT2D eigenvalue weighted by Crippen LogP contribution is 2.00. The first kappa shape index (κ1) is 15.2. The zero-order chi connectivity index (χ0) is 14.1. The first-order valence-electron chi connectivity index (χ1n) is 6.35. The summed E-state index contributed by atoms with van der Waals surface area (Å²) < 4.78 is 0. The van der Waals surface area contributed by atoms with Crippen molar-refractivity contribution in [3.05, 3.63) is 60.2 Å². The summed E-state index contributed by atoms with van der Waals surface area (Å²) in [4.78, 5) is 11.4. The maximum absolute atomic E-state index is 11.4. The number of hydrogen-bond donors (Lipinski definition) is 2. The van der Waals surface area contributed by atoms with Crippen LogP contribution in [0, 0.1) is 0 Å². The average molecular weight is 259 g/mol. The van der Waals surface area contributed by atoms with Crippen LogP contribution in [0.25, 0.3) is 0 Å². The van der Waals surface area contributed by atoms with Crippen LogP contribution in [0.1, 0.15) is 19.4 Å². The molecule has 3 nitrogen and oxygen atoms in total. The van der Waals surface area contributed by atoms with Crippen molar-refractivity contribution in [2.45, 2.75) is 25.9 Å². The minimum atomic E-state index is -0.882. The summed E-state index contributed by atoms with van der Waals surface area (Å²) in [5.74, 6) is -0.202. The van der Waals surface area contributed by atoms with Crippen LogP contribution in [0.15, 0.2) is 54.6 Å². The third-order valence-corrected chi connectivity index (χ3v) is 2.39. The number of hydrogen-bond acceptors (Lipinski definition) is 2. The van der Waals surface area contributed by atoms with Gasteiger partial charge >= 0.3 is 0 Å². The Labute approximate surface area is 114 Å². The maximum atomic E-state index is 11.4. The van der Waals surface area contributed by atoms with E-state index in [-0.39, 0.29) is 12.5 Å². The van der Waals surface area contributed by atoms with Crippen molar-refractivity contribution in [1.29, 1.82) is 0 Å². The standard InChI is InChI=1S/C16H21NO2/c1-16(2,19)13-17-15(18)12-8-4-7-11-14-9-5-3-6-10-14/h3-10,12,19H,11,13H2,1-2H3,(H,17,18). The van der Waals surface area contributed by atoms with Gasteiger partial charge in [-0.3, -0.25) is 4.79 Å². The molecule has 3 heteroatoms. The minimum Gasteiger partial charge on any atom is -0.389 e. The number of rotatable bonds is 6. The molecule has 0 unspecified atom stereocenters. The Kier molecular flexibility index (Phi) is 6.03. The second kappa shape index (κ2) is 7.54. The van der Waals surface area contributed by atoms with Crippen molar-refractivity contribution < 1.29 is 9.90 Å². The molecule has 0 spiro atoms. The van der Waals surface area contributed by atoms with Crippen molar-refractivity contribution in [1.82, 2.24) is 5.32 Å². The second-order valence-electron chi connectivity index (χ2n) is 5.01. The molecule has 2 N–H and O–H groups in total. The lowest BCUT2D eigenvalue weighted by molar-refractivity contribution is -0.117. The lowest BCUT2D eigenvalue weighted by Gasteiger charge is -2.16. The Morgan fingerprint density at radius 3 is 2.58 bits per heavy atom. The molecule has 0 bridgehead atoms. The van der Waals surface area contributed by atoms with E-state index >= 15 is 0 Å². The van der Waals surface area contributed by atoms with Crippen LogP contribution in [0.5, 0.6) is 0 Å². The van der Waals surface area contributed by atoms with Crippen molar-refractivity contribution >= 4 is 5.91 Å². The van der Waals surface area contributed by atoms with Crippen molar-refractivity contribution in [2.24, 2.45) is 0 Å². The summed E-state index contributed by atoms with van der Waals surface area (Å²) in [6, 6.07) is 10.1. The molecular weight excluding hydrogens is 238 g/mol. The lowest BCUT2D eigenvalue weighted by Crippen LogP contribution is -2.37. The molecule has 1 aromatic carbocycles. The molecule has 1 amide bonds. The molecule has 0 radical (unpaired) electrons. The van der Waals surface area contributed by atoms with Gasteiger partial charge in [0.1, 0.15) is 0 Å². The van der Waals surface area contributed by atoms with Crippen LogP contribution in [0.3, 0.4) is 0 Å². The van der Waals surface area contributed by atoms with Crippen LogP contribution in [-0.4, -0.2) is 23.2 Å². The highest BCUT2D eigenvalue weighted by Gasteiger charge is 2.12. The number of carbonyl (C=O) groups excluding carboxylic acids is 1. The van der Waals surface area contributed by atoms with Crippen molar-refractivity contribution in [2.75, 3.05) is 6.54 Å². The van der Waals surface area contributed by atoms with Gasteiger partial charge < -0.3 is 10.4 Å². The molecule has 102 valence electrons. The van der Waals surface area contributed by atoms with Gasteiger partial charge in [0.05, 0.1) is 5.60 Å². The fraction of sp³-hybridized carbons (Fsp3) is 0.312. The quantitative estimate of drug-likeness (QED) is 0.608. The van der Waals surface area contributed by atoms with Crippen molar-refractivity contribution in [3.63, 3.8) is 0 Å². The predicted molar refractivity (Wildman–Crippen MR) is 77.7 cm³/mol. The SMILES string of the molecule is CC(C)(O)CNC(=O)C=CC=CCc1ccccc1. The summed E-state index contributed by atoms with van der Waals surface area (Å²) in [5, 5.41) is 12.1. The van der Waals surface area contributed by atoms with E-state index < -0.39 is 5.60 Å². The largest absolute Gasteiger partial charge is 0.389 e. The predicted octanol–water partition coefficient (Wildman–Crippen LogP) is 2.23. The van der Waals surface area contributed by atoms with E-state index in [1.807, 2.05) is 30.4 Å². The van der Waals surface area contributed by atoms with Crippen LogP contribution >= 0.6 is 0 Å². The molecule has 1 aromatic rings. The highest BCUT2D eigenvalue weighted by atomic mass is 16.3. The smallest absolute Gasteiger partial charge is 0.244 e. The topological polar surface area (TPSA) is 49.3 Å². The number of benzene rings is 1. The molecule has 19 heavy (non-hydrogen) atoms. The van der Waals surface area contributed by atoms with Gasteiger partial charge in [-0.05, 0) is 25.8 Å². The molecule has 0 fully saturated rings. The molecule has 0 atom stereocenters. The van der Waals surface area contributed by atoms with Gasteiger partial charge in [-0.25, -0.2) is 0 Å². The Bertz CT molecular complexity index is 442. The first-order chi connectivity index (χ1) is 8.97. The molecular formula is C16H21NO2. The van der Waals surface area contributed by atoms with Crippen LogP contribution in [-0.2, 0) is 11.2 Å². The fourth-order valence-corrected chi connectivity index (χ4v) is 1.40. The Morgan fingerprint density at radius 2 is 1.95 bits per heavy atom. The van der Waals surface area contributed by atoms with E-state index in [1.165, 1.54) is 11.6 Å². The summed E-state index contributed by atoms with van der Waals surface area (Å²) in [5.41, 5.74) is 0.353. The van der Waals surface area contributed by atoms with E-state index in [0.717, 1.165) is 6.42 Å². The third kappa shape index (κ3) is 7.95. The Morgan fingerprint density at radius 1 is 1.26 bits per heavy atom. The minimum absolute atomic E-state index is 0.202. The maximum Gasteiger partial charge on any atom is 0.244 e. The first-order valence-corrected chi connectivity index (χ1v) is 6.35. The van der Waals surface area contributed by atoms with Crippen LogP contribution in [0.4, 0.5) is 0 Å². The molecule has 0 saturated carbocycles. The summed E-state index contributed by atoms with van der Waals surface area (Å²) >= 11 is 0. The van der Waals surface area contributed by atoms with Gasteiger partial charge in [-0.1, -0.05) is 48.6 Å². The van der Waals surface area contributed by atoms with Crippen LogP contribution in [0.2, 0.25) is 0 Å². The van der Waals surface area contributed by atoms with Gasteiger partial charge in [0.25, 0.3) is 0 Å². The number of allylic oxidation sites excluding steroid dienone is 3. The molecule has 0 aliphatic carbocycles. The number of amides is 1. The molecule has 1 rings (SSSR count). The highest BCUT2D eigenvalue weighted by molar-refractivity contribution is 5.87. The zero-order valence-corrected chi connectivity index (χ0v) is 11.5. The Balaban J connectivity index is 2.28. The van der Waals surface area contributed by atoms with Gasteiger partial charge in [0, 0.05) is 12.6 Å². The van der Waals surface area contributed by atoms with E-state index in [4.69, 9.17) is 0 Å². The summed E-state index contributed by atoms with van der Waals surface area (Å²) in [6.45, 7) is 3.54. The fourth-order valence-electron chi connectivity index (χ4n) is 1.40. The molecule has 0 aliphatic rings. The number of aliphatic hydroxyl groups is 1. The normalized spacial score (nSPS) is 12.2. The molecule has 0 aliphatic heterocycles. The number of nitrogens with one attached hydrogen (secondary N) is 1. The third-order valence-electron chi connectivity index (χ3n) is 2.39. The van der Waals surface area contributed by atoms with Crippen molar-refractivity contribution in [3.8, 4) is 0 Å². The van der Waals surface area contributed by atoms with Gasteiger partial charge in [-0.15, -0.1) is 0 Å². The van der Waals surface area contributed by atoms with E-state index in [0.29, 0.717) is 0 Å². The van der Waals surface area contributed by atoms with E-state index in [2.05, 4.69) is 17.4 Å². The van der Waals surface area contributed by atoms with E-state index in [9.17, 15) is 9.90 Å². The van der Waals surface area contributed by atoms with Crippen LogP contribution < -0.4 is 5.32 Å². The molecule has 0 saturated heterocycles. The van der Waals surface area contributed by atoms with Gasteiger partial charge in [0.2, 0.25) is 5.91 Å². The van der Waals surface area contributed by atoms with Gasteiger partial charge in [-0.2, -0.15) is 0 Å². The Hall–Kier alpha value is -1.87. The average Bonchev–Trinajstić information content (AvgIpc) is 2.36. The summed E-state index contributed by atoms with van der Waals surface area (Å²) in [7, 11) is 0. The second-order valence-corrected chi connectivity index (χ2v) is 5.01. The monoisotopic (exact) mass is 259 g/mol. The number of carbonyl (C=O) groups is 1.